The Morgan fingerprint density at radius 1 is 0.690 bits per heavy atom. The molecule has 1 aromatic rings. The van der Waals surface area contributed by atoms with Gasteiger partial charge in [-0.25, -0.2) is 0 Å². The molecule has 0 saturated carbocycles. The molecule has 0 unspecified atom stereocenters. The van der Waals surface area contributed by atoms with Crippen LogP contribution in [0.25, 0.3) is 0 Å². The first-order valence-electron chi connectivity index (χ1n) is 12.1. The van der Waals surface area contributed by atoms with Gasteiger partial charge in [0.2, 0.25) is 0 Å². The summed E-state index contributed by atoms with van der Waals surface area (Å²) in [5, 5.41) is -1.84. The number of aromatic nitrogens is 2. The molecule has 1 rings (SSSR count). The third-order valence-corrected chi connectivity index (χ3v) is 6.26. The second kappa shape index (κ2) is 16.3. The summed E-state index contributed by atoms with van der Waals surface area (Å²) in [4.78, 5) is 77.9. The van der Waals surface area contributed by atoms with Crippen LogP contribution in [-0.2, 0) is 73.7 Å². The van der Waals surface area contributed by atoms with Gasteiger partial charge >= 0.3 is 35.8 Å². The second-order valence-corrected chi connectivity index (χ2v) is 10.3. The van der Waals surface area contributed by atoms with Crippen LogP contribution in [-0.4, -0.2) is 95.5 Å². The number of carbonyl (C=O) groups excluding carboxylic acids is 6. The van der Waals surface area contributed by atoms with Crippen LogP contribution in [0.2, 0.25) is 0 Å². The number of rotatable bonds is 15. The lowest BCUT2D eigenvalue weighted by Crippen LogP contribution is -2.44. The van der Waals surface area contributed by atoms with Crippen molar-refractivity contribution in [2.45, 2.75) is 77.6 Å². The summed E-state index contributed by atoms with van der Waals surface area (Å²) < 4.78 is 64.5. The zero-order chi connectivity index (χ0) is 32.2. The molecule has 0 aromatic carbocycles. The topological polar surface area (TPSA) is 238 Å². The van der Waals surface area contributed by atoms with Gasteiger partial charge in [-0.3, -0.25) is 43.3 Å². The largest absolute Gasteiger partial charge is 0.462 e. The molecule has 234 valence electrons. The molecule has 0 aliphatic carbocycles. The molecule has 42 heavy (non-hydrogen) atoms. The zero-order valence-corrected chi connectivity index (χ0v) is 24.4. The van der Waals surface area contributed by atoms with Crippen molar-refractivity contribution in [3.63, 3.8) is 0 Å². The summed E-state index contributed by atoms with van der Waals surface area (Å²) in [5.41, 5.74) is -0.247. The smallest absolute Gasteiger partial charge is 0.303 e. The Labute approximate surface area is 240 Å². The predicted octanol–water partition coefficient (Wildman–Crippen LogP) is -0.199. The molecule has 0 aliphatic heterocycles. The Morgan fingerprint density at radius 3 is 1.57 bits per heavy atom. The maximum Gasteiger partial charge on any atom is 0.303 e. The van der Waals surface area contributed by atoms with Crippen molar-refractivity contribution in [2.75, 3.05) is 13.2 Å². The number of ether oxygens (including phenoxy) is 6. The van der Waals surface area contributed by atoms with E-state index in [1.165, 1.54) is 0 Å². The van der Waals surface area contributed by atoms with Crippen molar-refractivity contribution in [2.24, 2.45) is 0 Å². The minimum Gasteiger partial charge on any atom is -0.462 e. The van der Waals surface area contributed by atoms with E-state index in [0.29, 0.717) is 0 Å². The molecule has 0 saturated heterocycles. The Kier molecular flexibility index (Phi) is 13.9. The predicted molar refractivity (Wildman–Crippen MR) is 136 cm³/mol. The minimum atomic E-state index is -4.91. The summed E-state index contributed by atoms with van der Waals surface area (Å²) in [5.74, 6) is -5.08. The Hall–Kier alpha value is -4.19. The highest BCUT2D eigenvalue weighted by molar-refractivity contribution is 7.86. The van der Waals surface area contributed by atoms with Crippen LogP contribution in [0.5, 0.6) is 0 Å². The second-order valence-electron chi connectivity index (χ2n) is 8.70. The lowest BCUT2D eigenvalue weighted by Gasteiger charge is -2.31. The minimum absolute atomic E-state index is 0.0802. The van der Waals surface area contributed by atoms with Crippen molar-refractivity contribution < 1.29 is 70.2 Å². The number of carbonyl (C=O) groups is 6. The fraction of sp³-hybridized carbons (Fsp3) is 0.583. The molecule has 18 heteroatoms. The number of hydrogen-bond acceptors (Lipinski definition) is 16. The highest BCUT2D eigenvalue weighted by atomic mass is 32.2. The molecule has 17 nitrogen and oxygen atoms in total. The summed E-state index contributed by atoms with van der Waals surface area (Å²) in [6, 6.07) is 0. The first-order valence-corrected chi connectivity index (χ1v) is 13.6. The highest BCUT2D eigenvalue weighted by Crippen LogP contribution is 2.27. The van der Waals surface area contributed by atoms with Crippen LogP contribution in [0.1, 0.15) is 59.0 Å². The van der Waals surface area contributed by atoms with Crippen LogP contribution < -0.4 is 0 Å². The Morgan fingerprint density at radius 2 is 1.17 bits per heavy atom. The van der Waals surface area contributed by atoms with Crippen LogP contribution in [0.15, 0.2) is 12.4 Å². The lowest BCUT2D eigenvalue weighted by atomic mass is 10.0. The molecule has 0 amide bonds. The van der Waals surface area contributed by atoms with E-state index in [0.717, 1.165) is 53.9 Å². The standard InChI is InChI=1S/C24H32N2O15S/c1-12(27)36-10-20(38-14(3)29)22(42(33,34)35)7-18-8-26-19(9-25-18)23(40-16(5)31)24(41-17(6)32)21(39-15(4)30)11-37-13(2)28/h8-9,20-24H,7,10-11H2,1-6H3,(H,33,34,35)/t20-,21-,22-,23-,24-/m1/s1. The molecule has 0 bridgehead atoms. The molecule has 0 aliphatic rings. The first kappa shape index (κ1) is 35.8. The SMILES string of the molecule is CC(=O)OC[C@@H](OC(C)=O)[C@@H](OC(C)=O)[C@H](OC(C)=O)c1cnc(C[C@H]([C@@H](COC(C)=O)OC(C)=O)S(=O)(=O)O)cn1. The quantitative estimate of drug-likeness (QED) is 0.152. The third-order valence-electron chi connectivity index (χ3n) is 5.02. The molecule has 5 atom stereocenters. The zero-order valence-electron chi connectivity index (χ0n) is 23.6. The van der Waals surface area contributed by atoms with Crippen LogP contribution >= 0.6 is 0 Å². The van der Waals surface area contributed by atoms with Gasteiger partial charge in [-0.05, 0) is 0 Å². The number of hydrogen-bond donors (Lipinski definition) is 1. The van der Waals surface area contributed by atoms with Gasteiger partial charge in [0.25, 0.3) is 10.1 Å². The molecule has 0 radical (unpaired) electrons. The van der Waals surface area contributed by atoms with Crippen LogP contribution in [0, 0.1) is 0 Å². The van der Waals surface area contributed by atoms with Crippen LogP contribution in [0.4, 0.5) is 0 Å². The first-order chi connectivity index (χ1) is 19.4. The van der Waals surface area contributed by atoms with E-state index in [1.54, 1.807) is 0 Å². The van der Waals surface area contributed by atoms with Gasteiger partial charge < -0.3 is 28.4 Å². The van der Waals surface area contributed by atoms with Gasteiger partial charge in [0.05, 0.1) is 11.9 Å². The summed E-state index contributed by atoms with van der Waals surface area (Å²) in [6.07, 6.45) is -4.77. The molecule has 1 N–H and O–H groups in total. The van der Waals surface area contributed by atoms with E-state index in [4.69, 9.17) is 28.4 Å². The van der Waals surface area contributed by atoms with E-state index >= 15 is 0 Å². The van der Waals surface area contributed by atoms with E-state index in [2.05, 4.69) is 9.97 Å². The maximum atomic E-state index is 12.2. The lowest BCUT2D eigenvalue weighted by molar-refractivity contribution is -0.190. The van der Waals surface area contributed by atoms with Gasteiger partial charge in [-0.2, -0.15) is 8.42 Å². The van der Waals surface area contributed by atoms with E-state index < -0.39 is 95.2 Å². The molecule has 1 aromatic heterocycles. The number of nitrogens with zero attached hydrogens (tertiary/aromatic N) is 2. The average molecular weight is 621 g/mol. The fourth-order valence-electron chi connectivity index (χ4n) is 3.49. The Bertz CT molecular complexity index is 1250. The van der Waals surface area contributed by atoms with Gasteiger partial charge in [-0.15, -0.1) is 0 Å². The average Bonchev–Trinajstić information content (AvgIpc) is 2.84. The molecule has 0 spiro atoms. The highest BCUT2D eigenvalue weighted by Gasteiger charge is 2.40. The van der Waals surface area contributed by atoms with Gasteiger partial charge in [0.15, 0.2) is 24.4 Å². The van der Waals surface area contributed by atoms with E-state index in [-0.39, 0.29) is 11.4 Å². The van der Waals surface area contributed by atoms with E-state index in [1.807, 2.05) is 0 Å². The maximum absolute atomic E-state index is 12.2. The fourth-order valence-corrected chi connectivity index (χ4v) is 4.39. The van der Waals surface area contributed by atoms with Crippen molar-refractivity contribution in [3.8, 4) is 0 Å². The molecule has 1 heterocycles. The third kappa shape index (κ3) is 13.0. The van der Waals surface area contributed by atoms with Gasteiger partial charge in [0, 0.05) is 54.2 Å². The molecular formula is C24H32N2O15S. The van der Waals surface area contributed by atoms with Crippen LogP contribution in [0.3, 0.4) is 0 Å². The van der Waals surface area contributed by atoms with Crippen molar-refractivity contribution in [1.82, 2.24) is 9.97 Å². The van der Waals surface area contributed by atoms with Crippen molar-refractivity contribution >= 4 is 45.9 Å². The monoisotopic (exact) mass is 620 g/mol. The Balaban J connectivity index is 3.50. The summed E-state index contributed by atoms with van der Waals surface area (Å²) in [7, 11) is -4.91. The summed E-state index contributed by atoms with van der Waals surface area (Å²) in [6.45, 7) is 4.91. The summed E-state index contributed by atoms with van der Waals surface area (Å²) >= 11 is 0. The normalized spacial score (nSPS) is 14.6. The van der Waals surface area contributed by atoms with E-state index in [9.17, 15) is 41.7 Å². The van der Waals surface area contributed by atoms with Crippen molar-refractivity contribution in [3.05, 3.63) is 23.8 Å². The number of esters is 6. The molecule has 0 fully saturated rings. The van der Waals surface area contributed by atoms with Gasteiger partial charge in [-0.1, -0.05) is 0 Å². The van der Waals surface area contributed by atoms with Crippen molar-refractivity contribution in [1.29, 1.82) is 0 Å². The van der Waals surface area contributed by atoms with Gasteiger partial charge in [0.1, 0.15) is 24.2 Å². The molecular weight excluding hydrogens is 588 g/mol.